The van der Waals surface area contributed by atoms with Crippen LogP contribution in [0.2, 0.25) is 0 Å². The molecule has 0 saturated heterocycles. The van der Waals surface area contributed by atoms with Gasteiger partial charge in [-0.05, 0) is 24.5 Å². The Morgan fingerprint density at radius 1 is 1.40 bits per heavy atom. The SMILES string of the molecule is CC(N[C@H](CO)C(C)C)c1cccnc1. The molecular formula is C12H20N2O. The molecule has 1 heterocycles. The van der Waals surface area contributed by atoms with Crippen molar-refractivity contribution in [3.05, 3.63) is 30.1 Å². The molecule has 0 fully saturated rings. The van der Waals surface area contributed by atoms with Gasteiger partial charge in [0.15, 0.2) is 0 Å². The Labute approximate surface area is 91.5 Å². The third kappa shape index (κ3) is 3.61. The molecule has 1 rings (SSSR count). The lowest BCUT2D eigenvalue weighted by Crippen LogP contribution is -2.38. The summed E-state index contributed by atoms with van der Waals surface area (Å²) in [5, 5.41) is 12.6. The second-order valence-corrected chi connectivity index (χ2v) is 4.21. The third-order valence-electron chi connectivity index (χ3n) is 2.65. The molecule has 0 aliphatic heterocycles. The number of pyridine rings is 1. The minimum absolute atomic E-state index is 0.139. The second-order valence-electron chi connectivity index (χ2n) is 4.21. The Hall–Kier alpha value is -0.930. The zero-order valence-electron chi connectivity index (χ0n) is 9.64. The summed E-state index contributed by atoms with van der Waals surface area (Å²) in [5.74, 6) is 0.425. The quantitative estimate of drug-likeness (QED) is 0.775. The molecule has 0 saturated carbocycles. The smallest absolute Gasteiger partial charge is 0.0587 e. The van der Waals surface area contributed by atoms with Crippen molar-refractivity contribution >= 4 is 0 Å². The summed E-state index contributed by atoms with van der Waals surface area (Å²) >= 11 is 0. The summed E-state index contributed by atoms with van der Waals surface area (Å²) in [7, 11) is 0. The first kappa shape index (κ1) is 12.1. The molecule has 2 atom stereocenters. The van der Waals surface area contributed by atoms with Gasteiger partial charge in [0.1, 0.15) is 0 Å². The van der Waals surface area contributed by atoms with Crippen molar-refractivity contribution in [1.82, 2.24) is 10.3 Å². The van der Waals surface area contributed by atoms with E-state index in [2.05, 4.69) is 31.1 Å². The zero-order valence-corrected chi connectivity index (χ0v) is 9.64. The molecule has 3 nitrogen and oxygen atoms in total. The van der Waals surface area contributed by atoms with Crippen molar-refractivity contribution in [1.29, 1.82) is 0 Å². The maximum atomic E-state index is 9.21. The highest BCUT2D eigenvalue weighted by atomic mass is 16.3. The molecule has 15 heavy (non-hydrogen) atoms. The molecule has 0 radical (unpaired) electrons. The molecule has 3 heteroatoms. The molecule has 0 spiro atoms. The molecule has 1 unspecified atom stereocenters. The topological polar surface area (TPSA) is 45.1 Å². The minimum atomic E-state index is 0.139. The van der Waals surface area contributed by atoms with Gasteiger partial charge < -0.3 is 10.4 Å². The Balaban J connectivity index is 2.58. The van der Waals surface area contributed by atoms with E-state index < -0.39 is 0 Å². The van der Waals surface area contributed by atoms with Crippen LogP contribution in [0.4, 0.5) is 0 Å². The summed E-state index contributed by atoms with van der Waals surface area (Å²) in [6.07, 6.45) is 3.62. The average Bonchev–Trinajstić information content (AvgIpc) is 2.26. The normalized spacial score (nSPS) is 15.3. The fourth-order valence-corrected chi connectivity index (χ4v) is 1.51. The molecule has 0 aliphatic carbocycles. The van der Waals surface area contributed by atoms with Crippen LogP contribution in [0.3, 0.4) is 0 Å². The van der Waals surface area contributed by atoms with Crippen LogP contribution in [0.25, 0.3) is 0 Å². The lowest BCUT2D eigenvalue weighted by molar-refractivity contribution is 0.201. The van der Waals surface area contributed by atoms with Crippen LogP contribution in [0, 0.1) is 5.92 Å². The number of aliphatic hydroxyl groups is 1. The van der Waals surface area contributed by atoms with Crippen molar-refractivity contribution in [2.45, 2.75) is 32.9 Å². The number of nitrogens with one attached hydrogen (secondary N) is 1. The Kier molecular flexibility index (Phi) is 4.72. The Morgan fingerprint density at radius 2 is 2.13 bits per heavy atom. The van der Waals surface area contributed by atoms with E-state index in [0.29, 0.717) is 5.92 Å². The first-order valence-corrected chi connectivity index (χ1v) is 5.42. The van der Waals surface area contributed by atoms with Crippen LogP contribution in [-0.4, -0.2) is 22.7 Å². The third-order valence-corrected chi connectivity index (χ3v) is 2.65. The molecule has 1 aromatic rings. The van der Waals surface area contributed by atoms with Gasteiger partial charge in [-0.15, -0.1) is 0 Å². The largest absolute Gasteiger partial charge is 0.395 e. The van der Waals surface area contributed by atoms with Crippen molar-refractivity contribution in [2.75, 3.05) is 6.61 Å². The van der Waals surface area contributed by atoms with E-state index in [0.717, 1.165) is 5.56 Å². The molecule has 84 valence electrons. The van der Waals surface area contributed by atoms with Gasteiger partial charge in [-0.3, -0.25) is 4.98 Å². The van der Waals surface area contributed by atoms with Gasteiger partial charge in [0.05, 0.1) is 6.61 Å². The Bertz CT molecular complexity index is 274. The van der Waals surface area contributed by atoms with Crippen molar-refractivity contribution in [3.63, 3.8) is 0 Å². The molecule has 0 aromatic carbocycles. The summed E-state index contributed by atoms with van der Waals surface area (Å²) < 4.78 is 0. The van der Waals surface area contributed by atoms with Gasteiger partial charge in [-0.25, -0.2) is 0 Å². The lowest BCUT2D eigenvalue weighted by Gasteiger charge is -2.24. The second kappa shape index (κ2) is 5.83. The lowest BCUT2D eigenvalue weighted by atomic mass is 10.0. The number of nitrogens with zero attached hydrogens (tertiary/aromatic N) is 1. The average molecular weight is 208 g/mol. The van der Waals surface area contributed by atoms with E-state index in [-0.39, 0.29) is 18.7 Å². The summed E-state index contributed by atoms with van der Waals surface area (Å²) in [6, 6.07) is 4.33. The minimum Gasteiger partial charge on any atom is -0.395 e. The highest BCUT2D eigenvalue weighted by Crippen LogP contribution is 2.13. The van der Waals surface area contributed by atoms with Gasteiger partial charge in [-0.1, -0.05) is 19.9 Å². The predicted octanol–water partition coefficient (Wildman–Crippen LogP) is 1.75. The van der Waals surface area contributed by atoms with E-state index >= 15 is 0 Å². The van der Waals surface area contributed by atoms with Crippen molar-refractivity contribution in [2.24, 2.45) is 5.92 Å². The maximum Gasteiger partial charge on any atom is 0.0587 e. The molecular weight excluding hydrogens is 188 g/mol. The monoisotopic (exact) mass is 208 g/mol. The van der Waals surface area contributed by atoms with Gasteiger partial charge in [0.2, 0.25) is 0 Å². The highest BCUT2D eigenvalue weighted by molar-refractivity contribution is 5.13. The number of rotatable bonds is 5. The molecule has 0 bridgehead atoms. The van der Waals surface area contributed by atoms with E-state index in [4.69, 9.17) is 0 Å². The summed E-state index contributed by atoms with van der Waals surface area (Å²) in [5.41, 5.74) is 1.15. The summed E-state index contributed by atoms with van der Waals surface area (Å²) in [4.78, 5) is 4.08. The van der Waals surface area contributed by atoms with Crippen LogP contribution in [0.5, 0.6) is 0 Å². The van der Waals surface area contributed by atoms with Gasteiger partial charge in [-0.2, -0.15) is 0 Å². The first-order chi connectivity index (χ1) is 7.15. The molecule has 1 aromatic heterocycles. The summed E-state index contributed by atoms with van der Waals surface area (Å²) in [6.45, 7) is 6.46. The predicted molar refractivity (Wildman–Crippen MR) is 61.5 cm³/mol. The van der Waals surface area contributed by atoms with Crippen LogP contribution in [0.1, 0.15) is 32.4 Å². The van der Waals surface area contributed by atoms with E-state index in [1.165, 1.54) is 0 Å². The van der Waals surface area contributed by atoms with Crippen molar-refractivity contribution in [3.8, 4) is 0 Å². The van der Waals surface area contributed by atoms with Crippen molar-refractivity contribution < 1.29 is 5.11 Å². The van der Waals surface area contributed by atoms with Gasteiger partial charge in [0, 0.05) is 24.5 Å². The van der Waals surface area contributed by atoms with E-state index in [9.17, 15) is 5.11 Å². The number of hydrogen-bond donors (Lipinski definition) is 2. The number of hydrogen-bond acceptors (Lipinski definition) is 3. The van der Waals surface area contributed by atoms with E-state index in [1.54, 1.807) is 6.20 Å². The standard InChI is InChI=1S/C12H20N2O/c1-9(2)12(8-15)14-10(3)11-5-4-6-13-7-11/h4-7,9-10,12,14-15H,8H2,1-3H3/t10?,12-/m1/s1. The number of aliphatic hydroxyl groups excluding tert-OH is 1. The van der Waals surface area contributed by atoms with Crippen LogP contribution in [0.15, 0.2) is 24.5 Å². The molecule has 2 N–H and O–H groups in total. The fourth-order valence-electron chi connectivity index (χ4n) is 1.51. The van der Waals surface area contributed by atoms with Gasteiger partial charge >= 0.3 is 0 Å². The fraction of sp³-hybridized carbons (Fsp3) is 0.583. The van der Waals surface area contributed by atoms with Crippen LogP contribution in [-0.2, 0) is 0 Å². The van der Waals surface area contributed by atoms with E-state index in [1.807, 2.05) is 18.3 Å². The zero-order chi connectivity index (χ0) is 11.3. The van der Waals surface area contributed by atoms with Crippen LogP contribution >= 0.6 is 0 Å². The highest BCUT2D eigenvalue weighted by Gasteiger charge is 2.15. The maximum absolute atomic E-state index is 9.21. The first-order valence-electron chi connectivity index (χ1n) is 5.42. The number of aromatic nitrogens is 1. The molecule has 0 amide bonds. The Morgan fingerprint density at radius 3 is 2.60 bits per heavy atom. The van der Waals surface area contributed by atoms with Crippen LogP contribution < -0.4 is 5.32 Å². The molecule has 0 aliphatic rings. The van der Waals surface area contributed by atoms with Gasteiger partial charge in [0.25, 0.3) is 0 Å².